The van der Waals surface area contributed by atoms with Gasteiger partial charge in [-0.25, -0.2) is 15.2 Å². The zero-order valence-electron chi connectivity index (χ0n) is 11.2. The number of hydrogen-bond acceptors (Lipinski definition) is 5. The number of carbonyl (C=O) groups is 1. The minimum Gasteiger partial charge on any atom is -0.381 e. The first kappa shape index (κ1) is 14.7. The van der Waals surface area contributed by atoms with Gasteiger partial charge in [0, 0.05) is 26.0 Å². The van der Waals surface area contributed by atoms with Crippen molar-refractivity contribution in [2.24, 2.45) is 11.8 Å². The van der Waals surface area contributed by atoms with Crippen LogP contribution in [0.1, 0.15) is 29.6 Å². The summed E-state index contributed by atoms with van der Waals surface area (Å²) in [6.07, 6.45) is 4.55. The Morgan fingerprint density at radius 1 is 1.55 bits per heavy atom. The molecule has 1 fully saturated rings. The van der Waals surface area contributed by atoms with Crippen LogP contribution >= 0.6 is 0 Å². The number of nitrogens with two attached hydrogens (primary N) is 1. The maximum atomic E-state index is 13.8. The Balaban J connectivity index is 1.70. The monoisotopic (exact) mass is 282 g/mol. The van der Waals surface area contributed by atoms with E-state index in [1.54, 1.807) is 0 Å². The van der Waals surface area contributed by atoms with Crippen molar-refractivity contribution < 1.29 is 13.9 Å². The van der Waals surface area contributed by atoms with Crippen molar-refractivity contribution in [2.75, 3.05) is 25.2 Å². The van der Waals surface area contributed by atoms with Gasteiger partial charge in [-0.05, 0) is 31.2 Å². The van der Waals surface area contributed by atoms with Gasteiger partial charge in [0.25, 0.3) is 5.91 Å². The van der Waals surface area contributed by atoms with Crippen LogP contribution in [0.5, 0.6) is 0 Å². The highest BCUT2D eigenvalue weighted by atomic mass is 19.1. The highest BCUT2D eigenvalue weighted by Gasteiger charge is 2.20. The molecular weight excluding hydrogens is 263 g/mol. The van der Waals surface area contributed by atoms with Crippen LogP contribution in [-0.4, -0.2) is 30.6 Å². The van der Waals surface area contributed by atoms with Gasteiger partial charge in [-0.2, -0.15) is 0 Å². The molecule has 0 radical (unpaired) electrons. The molecule has 0 saturated heterocycles. The fraction of sp³-hybridized carbons (Fsp3) is 0.538. The summed E-state index contributed by atoms with van der Waals surface area (Å²) in [5.74, 6) is 4.45. The molecular formula is C13H19FN4O2. The largest absolute Gasteiger partial charge is 0.381 e. The number of nitrogens with zero attached hydrogens (tertiary/aromatic N) is 1. The van der Waals surface area contributed by atoms with E-state index in [1.165, 1.54) is 25.1 Å². The van der Waals surface area contributed by atoms with Gasteiger partial charge in [0.05, 0.1) is 5.56 Å². The SMILES string of the molecule is NNc1nccc(C(=O)NCCCOCC2CC2)c1F. The van der Waals surface area contributed by atoms with E-state index in [4.69, 9.17) is 10.6 Å². The number of halogens is 1. The van der Waals surface area contributed by atoms with Crippen LogP contribution in [0.4, 0.5) is 10.2 Å². The van der Waals surface area contributed by atoms with Crippen LogP contribution in [0.3, 0.4) is 0 Å². The zero-order chi connectivity index (χ0) is 14.4. The van der Waals surface area contributed by atoms with E-state index < -0.39 is 11.7 Å². The third-order valence-electron chi connectivity index (χ3n) is 3.07. The van der Waals surface area contributed by atoms with Crippen molar-refractivity contribution in [1.82, 2.24) is 10.3 Å². The van der Waals surface area contributed by atoms with Crippen LogP contribution in [0.15, 0.2) is 12.3 Å². The number of anilines is 1. The Morgan fingerprint density at radius 3 is 3.05 bits per heavy atom. The topological polar surface area (TPSA) is 89.3 Å². The molecule has 1 aromatic heterocycles. The Morgan fingerprint density at radius 2 is 2.35 bits per heavy atom. The summed E-state index contributed by atoms with van der Waals surface area (Å²) in [6.45, 7) is 1.85. The summed E-state index contributed by atoms with van der Waals surface area (Å²) in [4.78, 5) is 15.5. The Hall–Kier alpha value is -1.73. The lowest BCUT2D eigenvalue weighted by Gasteiger charge is -2.08. The number of hydrazine groups is 1. The Kier molecular flexibility index (Phi) is 5.25. The molecule has 0 aromatic carbocycles. The lowest BCUT2D eigenvalue weighted by Crippen LogP contribution is -2.27. The summed E-state index contributed by atoms with van der Waals surface area (Å²) >= 11 is 0. The number of amides is 1. The van der Waals surface area contributed by atoms with Gasteiger partial charge >= 0.3 is 0 Å². The first-order valence-electron chi connectivity index (χ1n) is 6.69. The van der Waals surface area contributed by atoms with Crippen LogP contribution in [0, 0.1) is 11.7 Å². The first-order valence-corrected chi connectivity index (χ1v) is 6.69. The molecule has 1 aromatic rings. The van der Waals surface area contributed by atoms with Gasteiger partial charge in [-0.3, -0.25) is 4.79 Å². The summed E-state index contributed by atoms with van der Waals surface area (Å²) in [7, 11) is 0. The molecule has 20 heavy (non-hydrogen) atoms. The van der Waals surface area contributed by atoms with E-state index in [0.29, 0.717) is 19.6 Å². The minimum atomic E-state index is -0.752. The second kappa shape index (κ2) is 7.16. The molecule has 110 valence electrons. The molecule has 0 unspecified atom stereocenters. The molecule has 1 saturated carbocycles. The number of rotatable bonds is 8. The highest BCUT2D eigenvalue weighted by Crippen LogP contribution is 2.28. The highest BCUT2D eigenvalue weighted by molar-refractivity contribution is 5.95. The molecule has 2 rings (SSSR count). The summed E-state index contributed by atoms with van der Waals surface area (Å²) < 4.78 is 19.2. The summed E-state index contributed by atoms with van der Waals surface area (Å²) in [5, 5.41) is 2.64. The number of nitrogens with one attached hydrogen (secondary N) is 2. The minimum absolute atomic E-state index is 0.0770. The smallest absolute Gasteiger partial charge is 0.254 e. The van der Waals surface area contributed by atoms with Crippen molar-refractivity contribution in [3.05, 3.63) is 23.6 Å². The van der Waals surface area contributed by atoms with E-state index in [0.717, 1.165) is 12.5 Å². The Labute approximate surface area is 116 Å². The van der Waals surface area contributed by atoms with Crippen LogP contribution < -0.4 is 16.6 Å². The van der Waals surface area contributed by atoms with Gasteiger partial charge < -0.3 is 15.5 Å². The molecule has 4 N–H and O–H groups in total. The number of ether oxygens (including phenoxy) is 1. The molecule has 1 heterocycles. The molecule has 0 aliphatic heterocycles. The van der Waals surface area contributed by atoms with E-state index in [-0.39, 0.29) is 11.4 Å². The van der Waals surface area contributed by atoms with Crippen LogP contribution in [0.25, 0.3) is 0 Å². The van der Waals surface area contributed by atoms with E-state index in [1.807, 2.05) is 0 Å². The third-order valence-corrected chi connectivity index (χ3v) is 3.07. The van der Waals surface area contributed by atoms with Crippen LogP contribution in [-0.2, 0) is 4.74 Å². The molecule has 0 atom stereocenters. The molecule has 1 aliphatic rings. The molecule has 7 heteroatoms. The maximum Gasteiger partial charge on any atom is 0.254 e. The number of carbonyl (C=O) groups excluding carboxylic acids is 1. The lowest BCUT2D eigenvalue weighted by atomic mass is 10.2. The van der Waals surface area contributed by atoms with Crippen molar-refractivity contribution in [2.45, 2.75) is 19.3 Å². The van der Waals surface area contributed by atoms with Gasteiger partial charge in [-0.1, -0.05) is 0 Å². The van der Waals surface area contributed by atoms with E-state index in [9.17, 15) is 9.18 Å². The van der Waals surface area contributed by atoms with Crippen molar-refractivity contribution in [3.8, 4) is 0 Å². The maximum absolute atomic E-state index is 13.8. The molecule has 1 aliphatic carbocycles. The normalized spacial score (nSPS) is 14.1. The van der Waals surface area contributed by atoms with Crippen molar-refractivity contribution in [1.29, 1.82) is 0 Å². The van der Waals surface area contributed by atoms with E-state index in [2.05, 4.69) is 15.7 Å². The number of aromatic nitrogens is 1. The molecule has 0 spiro atoms. The van der Waals surface area contributed by atoms with Gasteiger partial charge in [-0.15, -0.1) is 0 Å². The van der Waals surface area contributed by atoms with Gasteiger partial charge in [0.2, 0.25) is 0 Å². The summed E-state index contributed by atoms with van der Waals surface area (Å²) in [5.41, 5.74) is 2.03. The standard InChI is InChI=1S/C13H19FN4O2/c14-11-10(4-6-16-12(11)18-15)13(19)17-5-1-7-20-8-9-2-3-9/h4,6,9H,1-3,5,7-8,15H2,(H,16,18)(H,17,19). The van der Waals surface area contributed by atoms with Crippen molar-refractivity contribution in [3.63, 3.8) is 0 Å². The molecule has 0 bridgehead atoms. The third kappa shape index (κ3) is 4.14. The van der Waals surface area contributed by atoms with Crippen molar-refractivity contribution >= 4 is 11.7 Å². The average Bonchev–Trinajstić information content (AvgIpc) is 3.27. The second-order valence-corrected chi connectivity index (χ2v) is 4.79. The molecule has 1 amide bonds. The number of hydrogen-bond donors (Lipinski definition) is 3. The zero-order valence-corrected chi connectivity index (χ0v) is 11.2. The Bertz CT molecular complexity index is 466. The predicted molar refractivity (Wildman–Crippen MR) is 72.5 cm³/mol. The fourth-order valence-electron chi connectivity index (χ4n) is 1.73. The van der Waals surface area contributed by atoms with Gasteiger partial charge in [0.1, 0.15) is 0 Å². The predicted octanol–water partition coefficient (Wildman–Crippen LogP) is 1.05. The number of pyridine rings is 1. The lowest BCUT2D eigenvalue weighted by molar-refractivity contribution is 0.0933. The first-order chi connectivity index (χ1) is 9.72. The second-order valence-electron chi connectivity index (χ2n) is 4.79. The van der Waals surface area contributed by atoms with E-state index >= 15 is 0 Å². The quantitative estimate of drug-likeness (QED) is 0.377. The average molecular weight is 282 g/mol. The fourth-order valence-corrected chi connectivity index (χ4v) is 1.73. The number of nitrogen functional groups attached to an aromatic ring is 1. The molecule has 6 nitrogen and oxygen atoms in total. The van der Waals surface area contributed by atoms with Gasteiger partial charge in [0.15, 0.2) is 11.6 Å². The van der Waals surface area contributed by atoms with Crippen LogP contribution in [0.2, 0.25) is 0 Å². The summed E-state index contributed by atoms with van der Waals surface area (Å²) in [6, 6.07) is 1.31.